The molecule has 0 aromatic carbocycles. The van der Waals surface area contributed by atoms with Crippen LogP contribution in [0.25, 0.3) is 0 Å². The van der Waals surface area contributed by atoms with Crippen LogP contribution < -0.4 is 0 Å². The number of rotatable bonds is 20. The number of hydrogen-bond acceptors (Lipinski definition) is 2. The van der Waals surface area contributed by atoms with Gasteiger partial charge < -0.3 is 4.90 Å². The van der Waals surface area contributed by atoms with Gasteiger partial charge in [-0.25, -0.2) is 0 Å². The van der Waals surface area contributed by atoms with Crippen LogP contribution in [0.4, 0.5) is 0 Å². The van der Waals surface area contributed by atoms with E-state index in [1.54, 1.807) is 0 Å². The average molecular weight is 379 g/mol. The summed E-state index contributed by atoms with van der Waals surface area (Å²) in [5.41, 5.74) is 0. The van der Waals surface area contributed by atoms with Gasteiger partial charge in [0.2, 0.25) is 0 Å². The molecule has 0 amide bonds. The molecule has 1 heterocycles. The van der Waals surface area contributed by atoms with E-state index < -0.39 is 0 Å². The zero-order chi connectivity index (χ0) is 19.4. The van der Waals surface area contributed by atoms with Crippen molar-refractivity contribution in [3.63, 3.8) is 0 Å². The van der Waals surface area contributed by atoms with Gasteiger partial charge in [-0.05, 0) is 12.8 Å². The molecule has 0 aromatic rings. The van der Waals surface area contributed by atoms with E-state index in [4.69, 9.17) is 4.99 Å². The topological polar surface area (TPSA) is 15.6 Å². The van der Waals surface area contributed by atoms with E-state index >= 15 is 0 Å². The smallest absolute Gasteiger partial charge is 0.0990 e. The molecule has 0 radical (unpaired) electrons. The summed E-state index contributed by atoms with van der Waals surface area (Å²) >= 11 is 0. The van der Waals surface area contributed by atoms with Gasteiger partial charge in [-0.1, -0.05) is 117 Å². The van der Waals surface area contributed by atoms with Crippen LogP contribution in [0.15, 0.2) is 4.99 Å². The average Bonchev–Trinajstić information content (AvgIpc) is 3.12. The molecule has 1 rings (SSSR count). The van der Waals surface area contributed by atoms with Gasteiger partial charge in [-0.2, -0.15) is 0 Å². The molecule has 0 N–H and O–H groups in total. The second kappa shape index (κ2) is 18.8. The highest BCUT2D eigenvalue weighted by Gasteiger charge is 2.15. The first-order chi connectivity index (χ1) is 13.4. The molecular weight excluding hydrogens is 328 g/mol. The zero-order valence-corrected chi connectivity index (χ0v) is 19.0. The number of nitrogens with zero attached hydrogens (tertiary/aromatic N) is 2. The van der Waals surface area contributed by atoms with Gasteiger partial charge in [0.25, 0.3) is 0 Å². The quantitative estimate of drug-likeness (QED) is 0.195. The SMILES string of the molecule is CCCCCCCCCCCC1=NCCN1CCCCCCCCCCC. The highest BCUT2D eigenvalue weighted by Crippen LogP contribution is 2.15. The predicted octanol–water partition coefficient (Wildman–Crippen LogP) is 8.15. The standard InChI is InChI=1S/C25H50N2/c1-3-5-7-9-11-13-15-17-19-21-25-26-22-24-27(25)23-20-18-16-14-12-10-8-6-4-2/h3-24H2,1-2H3. The lowest BCUT2D eigenvalue weighted by atomic mass is 10.1. The van der Waals surface area contributed by atoms with Crippen molar-refractivity contribution in [2.45, 2.75) is 136 Å². The van der Waals surface area contributed by atoms with E-state index in [0.29, 0.717) is 0 Å². The molecule has 27 heavy (non-hydrogen) atoms. The van der Waals surface area contributed by atoms with Gasteiger partial charge >= 0.3 is 0 Å². The summed E-state index contributed by atoms with van der Waals surface area (Å²) in [4.78, 5) is 7.37. The molecule has 0 saturated carbocycles. The highest BCUT2D eigenvalue weighted by molar-refractivity contribution is 5.83. The minimum atomic E-state index is 1.05. The summed E-state index contributed by atoms with van der Waals surface area (Å²) in [5.74, 6) is 1.43. The molecule has 1 aliphatic rings. The molecular formula is C25H50N2. The van der Waals surface area contributed by atoms with E-state index in [1.807, 2.05) is 0 Å². The fourth-order valence-electron chi connectivity index (χ4n) is 4.21. The van der Waals surface area contributed by atoms with E-state index in [-0.39, 0.29) is 0 Å². The molecule has 0 unspecified atom stereocenters. The summed E-state index contributed by atoms with van der Waals surface area (Å²) in [7, 11) is 0. The Morgan fingerprint density at radius 3 is 1.56 bits per heavy atom. The largest absolute Gasteiger partial charge is 0.359 e. The fraction of sp³-hybridized carbons (Fsp3) is 0.960. The van der Waals surface area contributed by atoms with Crippen molar-refractivity contribution in [1.29, 1.82) is 0 Å². The molecule has 0 bridgehead atoms. The molecule has 160 valence electrons. The maximum atomic E-state index is 4.78. The van der Waals surface area contributed by atoms with Gasteiger partial charge in [0.05, 0.1) is 12.4 Å². The van der Waals surface area contributed by atoms with Crippen LogP contribution in [0.1, 0.15) is 136 Å². The molecule has 0 fully saturated rings. The summed E-state index contributed by atoms with van der Waals surface area (Å²) in [5, 5.41) is 0. The molecule has 0 atom stereocenters. The summed E-state index contributed by atoms with van der Waals surface area (Å²) in [6.07, 6.45) is 26.8. The number of unbranched alkanes of at least 4 members (excludes halogenated alkanes) is 16. The monoisotopic (exact) mass is 378 g/mol. The Labute approximate surface area is 171 Å². The maximum Gasteiger partial charge on any atom is 0.0990 e. The first kappa shape index (κ1) is 24.5. The highest BCUT2D eigenvalue weighted by atomic mass is 15.2. The number of aliphatic imine (C=N–C) groups is 1. The molecule has 2 nitrogen and oxygen atoms in total. The van der Waals surface area contributed by atoms with Crippen LogP contribution in [0.3, 0.4) is 0 Å². The molecule has 0 aromatic heterocycles. The Bertz CT molecular complexity index is 337. The summed E-state index contributed by atoms with van der Waals surface area (Å²) < 4.78 is 0. The maximum absolute atomic E-state index is 4.78. The first-order valence-electron chi connectivity index (χ1n) is 12.7. The van der Waals surface area contributed by atoms with Crippen LogP contribution in [-0.2, 0) is 0 Å². The summed E-state index contributed by atoms with van der Waals surface area (Å²) in [6, 6.07) is 0. The minimum Gasteiger partial charge on any atom is -0.359 e. The number of amidine groups is 1. The van der Waals surface area contributed by atoms with E-state index in [2.05, 4.69) is 18.7 Å². The third-order valence-corrected chi connectivity index (χ3v) is 6.06. The fourth-order valence-corrected chi connectivity index (χ4v) is 4.21. The Morgan fingerprint density at radius 2 is 1.04 bits per heavy atom. The first-order valence-corrected chi connectivity index (χ1v) is 12.7. The molecule has 1 aliphatic heterocycles. The second-order valence-corrected chi connectivity index (χ2v) is 8.69. The Hall–Kier alpha value is -0.530. The van der Waals surface area contributed by atoms with Gasteiger partial charge in [-0.15, -0.1) is 0 Å². The molecule has 0 saturated heterocycles. The van der Waals surface area contributed by atoms with Crippen LogP contribution >= 0.6 is 0 Å². The summed E-state index contributed by atoms with van der Waals surface area (Å²) in [6.45, 7) is 8.08. The molecule has 0 aliphatic carbocycles. The third-order valence-electron chi connectivity index (χ3n) is 6.06. The van der Waals surface area contributed by atoms with E-state index in [0.717, 1.165) is 6.54 Å². The Balaban J connectivity index is 1.90. The van der Waals surface area contributed by atoms with E-state index in [9.17, 15) is 0 Å². The van der Waals surface area contributed by atoms with Crippen molar-refractivity contribution >= 4 is 5.84 Å². The van der Waals surface area contributed by atoms with Crippen LogP contribution in [0.2, 0.25) is 0 Å². The van der Waals surface area contributed by atoms with Gasteiger partial charge in [0.15, 0.2) is 0 Å². The Morgan fingerprint density at radius 1 is 0.593 bits per heavy atom. The zero-order valence-electron chi connectivity index (χ0n) is 19.0. The Kier molecular flexibility index (Phi) is 17.1. The number of hydrogen-bond donors (Lipinski definition) is 0. The van der Waals surface area contributed by atoms with Crippen LogP contribution in [0.5, 0.6) is 0 Å². The normalized spacial score (nSPS) is 14.1. The lowest BCUT2D eigenvalue weighted by Gasteiger charge is -2.20. The molecule has 0 spiro atoms. The van der Waals surface area contributed by atoms with Crippen LogP contribution in [0, 0.1) is 0 Å². The van der Waals surface area contributed by atoms with Crippen molar-refractivity contribution in [3.8, 4) is 0 Å². The minimum absolute atomic E-state index is 1.05. The lowest BCUT2D eigenvalue weighted by molar-refractivity contribution is 0.421. The molecule has 2 heteroatoms. The third kappa shape index (κ3) is 14.2. The van der Waals surface area contributed by atoms with Crippen molar-refractivity contribution < 1.29 is 0 Å². The van der Waals surface area contributed by atoms with Crippen molar-refractivity contribution in [3.05, 3.63) is 0 Å². The van der Waals surface area contributed by atoms with E-state index in [1.165, 1.54) is 141 Å². The van der Waals surface area contributed by atoms with Crippen molar-refractivity contribution in [2.75, 3.05) is 19.6 Å². The predicted molar refractivity (Wildman–Crippen MR) is 123 cm³/mol. The van der Waals surface area contributed by atoms with Crippen molar-refractivity contribution in [2.24, 2.45) is 4.99 Å². The van der Waals surface area contributed by atoms with Crippen molar-refractivity contribution in [1.82, 2.24) is 4.90 Å². The lowest BCUT2D eigenvalue weighted by Crippen LogP contribution is -2.28. The van der Waals surface area contributed by atoms with Gasteiger partial charge in [0.1, 0.15) is 0 Å². The van der Waals surface area contributed by atoms with Crippen LogP contribution in [-0.4, -0.2) is 30.4 Å². The second-order valence-electron chi connectivity index (χ2n) is 8.69. The van der Waals surface area contributed by atoms with Gasteiger partial charge in [0, 0.05) is 19.5 Å². The van der Waals surface area contributed by atoms with Gasteiger partial charge in [-0.3, -0.25) is 4.99 Å².